The van der Waals surface area contributed by atoms with Gasteiger partial charge in [0, 0.05) is 12.5 Å². The van der Waals surface area contributed by atoms with Crippen LogP contribution in [0.25, 0.3) is 0 Å². The third-order valence-electron chi connectivity index (χ3n) is 3.65. The molecule has 18 heavy (non-hydrogen) atoms. The Labute approximate surface area is 115 Å². The van der Waals surface area contributed by atoms with Crippen molar-refractivity contribution in [2.45, 2.75) is 32.3 Å². The maximum Gasteiger partial charge on any atom is 0.0758 e. The van der Waals surface area contributed by atoms with E-state index in [1.54, 1.807) is 0 Å². The molecule has 1 fully saturated rings. The molecule has 0 aromatic heterocycles. The van der Waals surface area contributed by atoms with Gasteiger partial charge in [0.2, 0.25) is 0 Å². The van der Waals surface area contributed by atoms with E-state index in [1.807, 2.05) is 18.2 Å². The molecule has 1 saturated carbocycles. The molecule has 0 amide bonds. The third kappa shape index (κ3) is 4.07. The lowest BCUT2D eigenvalue weighted by molar-refractivity contribution is 0.0697. The van der Waals surface area contributed by atoms with Crippen LogP contribution in [0.5, 0.6) is 0 Å². The molecule has 2 atom stereocenters. The molecule has 1 aromatic rings. The van der Waals surface area contributed by atoms with Crippen molar-refractivity contribution in [1.29, 1.82) is 0 Å². The van der Waals surface area contributed by atoms with Gasteiger partial charge in [0.25, 0.3) is 0 Å². The summed E-state index contributed by atoms with van der Waals surface area (Å²) in [4.78, 5) is 0.683. The molecular formula is C15H21NOS. The van der Waals surface area contributed by atoms with Crippen molar-refractivity contribution in [1.82, 2.24) is 0 Å². The minimum absolute atomic E-state index is 0.430. The van der Waals surface area contributed by atoms with E-state index in [9.17, 15) is 0 Å². The highest BCUT2D eigenvalue weighted by Crippen LogP contribution is 2.29. The summed E-state index contributed by atoms with van der Waals surface area (Å²) in [5.41, 5.74) is 6.98. The zero-order valence-corrected chi connectivity index (χ0v) is 11.5. The normalized spacial score (nSPS) is 23.8. The van der Waals surface area contributed by atoms with Crippen LogP contribution in [0.4, 0.5) is 0 Å². The fourth-order valence-corrected chi connectivity index (χ4v) is 2.83. The SMILES string of the molecule is NC(=S)C1CCCC(COCc2ccccc2)C1. The topological polar surface area (TPSA) is 35.2 Å². The van der Waals surface area contributed by atoms with Crippen LogP contribution in [0, 0.1) is 11.8 Å². The van der Waals surface area contributed by atoms with E-state index in [0.717, 1.165) is 19.4 Å². The van der Waals surface area contributed by atoms with E-state index in [4.69, 9.17) is 22.7 Å². The van der Waals surface area contributed by atoms with Crippen LogP contribution in [0.15, 0.2) is 30.3 Å². The summed E-state index contributed by atoms with van der Waals surface area (Å²) < 4.78 is 5.80. The zero-order chi connectivity index (χ0) is 12.8. The van der Waals surface area contributed by atoms with Crippen molar-refractivity contribution in [2.24, 2.45) is 17.6 Å². The summed E-state index contributed by atoms with van der Waals surface area (Å²) in [6, 6.07) is 10.3. The molecule has 3 heteroatoms. The number of hydrogen-bond donors (Lipinski definition) is 1. The molecular weight excluding hydrogens is 242 g/mol. The summed E-state index contributed by atoms with van der Waals surface area (Å²) >= 11 is 5.09. The van der Waals surface area contributed by atoms with E-state index in [-0.39, 0.29) is 0 Å². The van der Waals surface area contributed by atoms with Gasteiger partial charge in [-0.25, -0.2) is 0 Å². The van der Waals surface area contributed by atoms with Gasteiger partial charge in [0.1, 0.15) is 0 Å². The maximum absolute atomic E-state index is 5.80. The number of nitrogens with two attached hydrogens (primary N) is 1. The molecule has 0 spiro atoms. The minimum Gasteiger partial charge on any atom is -0.393 e. The lowest BCUT2D eigenvalue weighted by Gasteiger charge is -2.28. The van der Waals surface area contributed by atoms with Gasteiger partial charge in [-0.3, -0.25) is 0 Å². The van der Waals surface area contributed by atoms with E-state index in [2.05, 4.69) is 12.1 Å². The number of rotatable bonds is 5. The van der Waals surface area contributed by atoms with Crippen LogP contribution in [0.3, 0.4) is 0 Å². The van der Waals surface area contributed by atoms with Gasteiger partial charge in [-0.2, -0.15) is 0 Å². The lowest BCUT2D eigenvalue weighted by atomic mass is 9.82. The van der Waals surface area contributed by atoms with Crippen LogP contribution in [0.2, 0.25) is 0 Å². The maximum atomic E-state index is 5.80. The van der Waals surface area contributed by atoms with Crippen molar-refractivity contribution < 1.29 is 4.74 Å². The van der Waals surface area contributed by atoms with Gasteiger partial charge in [0.15, 0.2) is 0 Å². The van der Waals surface area contributed by atoms with Crippen molar-refractivity contribution >= 4 is 17.2 Å². The quantitative estimate of drug-likeness (QED) is 0.828. The molecule has 1 aromatic carbocycles. The van der Waals surface area contributed by atoms with Gasteiger partial charge in [-0.15, -0.1) is 0 Å². The summed E-state index contributed by atoms with van der Waals surface area (Å²) in [7, 11) is 0. The number of benzene rings is 1. The molecule has 0 heterocycles. The summed E-state index contributed by atoms with van der Waals surface area (Å²) in [6.07, 6.45) is 4.73. The van der Waals surface area contributed by atoms with Crippen LogP contribution in [-0.4, -0.2) is 11.6 Å². The first kappa shape index (κ1) is 13.5. The second-order valence-electron chi connectivity index (χ2n) is 5.13. The summed E-state index contributed by atoms with van der Waals surface area (Å²) in [6.45, 7) is 1.53. The Bertz CT molecular complexity index is 379. The van der Waals surface area contributed by atoms with Crippen molar-refractivity contribution in [3.05, 3.63) is 35.9 Å². The Hall–Kier alpha value is -0.930. The van der Waals surface area contributed by atoms with Gasteiger partial charge in [-0.1, -0.05) is 49.0 Å². The van der Waals surface area contributed by atoms with E-state index >= 15 is 0 Å². The highest BCUT2D eigenvalue weighted by atomic mass is 32.1. The first-order valence-electron chi connectivity index (χ1n) is 6.66. The average molecular weight is 263 g/mol. The Morgan fingerprint density at radius 2 is 2.06 bits per heavy atom. The Kier molecular flexibility index (Phi) is 5.14. The van der Waals surface area contributed by atoms with Crippen LogP contribution < -0.4 is 5.73 Å². The first-order chi connectivity index (χ1) is 8.75. The fraction of sp³-hybridized carbons (Fsp3) is 0.533. The average Bonchev–Trinajstić information content (AvgIpc) is 2.40. The minimum atomic E-state index is 0.430. The van der Waals surface area contributed by atoms with E-state index < -0.39 is 0 Å². The second-order valence-corrected chi connectivity index (χ2v) is 5.60. The van der Waals surface area contributed by atoms with Crippen LogP contribution >= 0.6 is 12.2 Å². The fourth-order valence-electron chi connectivity index (χ4n) is 2.62. The van der Waals surface area contributed by atoms with Crippen molar-refractivity contribution in [3.63, 3.8) is 0 Å². The second kappa shape index (κ2) is 6.86. The predicted molar refractivity (Wildman–Crippen MR) is 78.3 cm³/mol. The standard InChI is InChI=1S/C15H21NOS/c16-15(18)14-8-4-7-13(9-14)11-17-10-12-5-2-1-3-6-12/h1-3,5-6,13-14H,4,7-11H2,(H2,16,18). The molecule has 0 aliphatic heterocycles. The smallest absolute Gasteiger partial charge is 0.0758 e. The number of hydrogen-bond acceptors (Lipinski definition) is 2. The van der Waals surface area contributed by atoms with Gasteiger partial charge in [-0.05, 0) is 30.7 Å². The monoisotopic (exact) mass is 263 g/mol. The molecule has 0 bridgehead atoms. The summed E-state index contributed by atoms with van der Waals surface area (Å²) in [5.74, 6) is 1.05. The largest absolute Gasteiger partial charge is 0.393 e. The lowest BCUT2D eigenvalue weighted by Crippen LogP contribution is -2.28. The Morgan fingerprint density at radius 1 is 1.28 bits per heavy atom. The van der Waals surface area contributed by atoms with E-state index in [1.165, 1.54) is 18.4 Å². The van der Waals surface area contributed by atoms with Crippen LogP contribution in [0.1, 0.15) is 31.2 Å². The van der Waals surface area contributed by atoms with Crippen molar-refractivity contribution in [3.8, 4) is 0 Å². The first-order valence-corrected chi connectivity index (χ1v) is 7.07. The molecule has 98 valence electrons. The molecule has 2 unspecified atom stereocenters. The number of thiocarbonyl (C=S) groups is 1. The Balaban J connectivity index is 1.72. The molecule has 2 nitrogen and oxygen atoms in total. The molecule has 1 aliphatic carbocycles. The van der Waals surface area contributed by atoms with Gasteiger partial charge < -0.3 is 10.5 Å². The molecule has 1 aliphatic rings. The number of ether oxygens (including phenoxy) is 1. The molecule has 2 N–H and O–H groups in total. The highest BCUT2D eigenvalue weighted by Gasteiger charge is 2.23. The molecule has 2 rings (SSSR count). The van der Waals surface area contributed by atoms with Crippen LogP contribution in [-0.2, 0) is 11.3 Å². The Morgan fingerprint density at radius 3 is 2.78 bits per heavy atom. The van der Waals surface area contributed by atoms with Gasteiger partial charge >= 0.3 is 0 Å². The highest BCUT2D eigenvalue weighted by molar-refractivity contribution is 7.80. The van der Waals surface area contributed by atoms with Crippen molar-refractivity contribution in [2.75, 3.05) is 6.61 Å². The molecule has 0 saturated heterocycles. The zero-order valence-electron chi connectivity index (χ0n) is 10.7. The third-order valence-corrected chi connectivity index (χ3v) is 3.98. The van der Waals surface area contributed by atoms with Gasteiger partial charge in [0.05, 0.1) is 11.6 Å². The van der Waals surface area contributed by atoms with E-state index in [0.29, 0.717) is 23.4 Å². The summed E-state index contributed by atoms with van der Waals surface area (Å²) in [5, 5.41) is 0. The predicted octanol–water partition coefficient (Wildman–Crippen LogP) is 3.30. The molecule has 0 radical (unpaired) electrons.